The molecule has 0 heterocycles. The summed E-state index contributed by atoms with van der Waals surface area (Å²) in [4.78, 5) is 12.7. The van der Waals surface area contributed by atoms with Crippen LogP contribution in [0.3, 0.4) is 0 Å². The van der Waals surface area contributed by atoms with E-state index >= 15 is 0 Å². The molecule has 0 radical (unpaired) electrons. The molecule has 0 saturated carbocycles. The lowest BCUT2D eigenvalue weighted by molar-refractivity contribution is -0.122. The molecule has 2 heteroatoms. The second-order valence-corrected chi connectivity index (χ2v) is 8.08. The van der Waals surface area contributed by atoms with Crippen molar-refractivity contribution in [3.63, 3.8) is 0 Å². The lowest BCUT2D eigenvalue weighted by atomic mass is 9.89. The van der Waals surface area contributed by atoms with Crippen LogP contribution in [-0.2, 0) is 11.2 Å². The van der Waals surface area contributed by atoms with Gasteiger partial charge in [-0.15, -0.1) is 0 Å². The highest BCUT2D eigenvalue weighted by molar-refractivity contribution is 5.83. The normalized spacial score (nSPS) is 12.2. The Kier molecular flexibility index (Phi) is 15.0. The van der Waals surface area contributed by atoms with Gasteiger partial charge in [0.25, 0.3) is 0 Å². The summed E-state index contributed by atoms with van der Waals surface area (Å²) in [6.45, 7) is 2.96. The van der Waals surface area contributed by atoms with Gasteiger partial charge in [-0.2, -0.15) is 0 Å². The highest BCUT2D eigenvalue weighted by atomic mass is 16.1. The Labute approximate surface area is 168 Å². The van der Waals surface area contributed by atoms with Crippen LogP contribution in [0, 0.1) is 5.92 Å². The van der Waals surface area contributed by atoms with Crippen molar-refractivity contribution in [1.82, 2.24) is 0 Å². The molecule has 1 unspecified atom stereocenters. The van der Waals surface area contributed by atoms with Gasteiger partial charge < -0.3 is 5.73 Å². The third kappa shape index (κ3) is 12.8. The van der Waals surface area contributed by atoms with E-state index in [2.05, 4.69) is 19.1 Å². The smallest absolute Gasteiger partial charge is 0.140 e. The number of hydrogen-bond acceptors (Lipinski definition) is 2. The molecule has 1 aromatic carbocycles. The summed E-state index contributed by atoms with van der Waals surface area (Å²) in [5.74, 6) is 0.606. The number of hydrogen-bond donors (Lipinski definition) is 1. The lowest BCUT2D eigenvalue weighted by Gasteiger charge is -2.15. The van der Waals surface area contributed by atoms with Crippen LogP contribution in [0.1, 0.15) is 102 Å². The van der Waals surface area contributed by atoms with Crippen molar-refractivity contribution in [2.24, 2.45) is 11.7 Å². The number of Topliss-reactive ketones (excluding diaryl/α,β-unsaturated/α-hetero) is 1. The number of carbonyl (C=O) groups excluding carboxylic acids is 1. The molecule has 0 spiro atoms. The number of rotatable bonds is 18. The standard InChI is InChI=1S/C25H43NO/c1-2-3-4-5-6-7-8-9-10-11-15-19-24(20-16-21-26)25(27)22-23-17-13-12-14-18-23/h12-14,17-18,24H,2-11,15-16,19-22,26H2,1H3. The van der Waals surface area contributed by atoms with Crippen molar-refractivity contribution in [1.29, 1.82) is 0 Å². The van der Waals surface area contributed by atoms with Crippen LogP contribution in [-0.4, -0.2) is 12.3 Å². The minimum Gasteiger partial charge on any atom is -0.330 e. The Balaban J connectivity index is 2.14. The summed E-state index contributed by atoms with van der Waals surface area (Å²) in [7, 11) is 0. The quantitative estimate of drug-likeness (QED) is 0.286. The van der Waals surface area contributed by atoms with Crippen LogP contribution in [0.2, 0.25) is 0 Å². The summed E-state index contributed by atoms with van der Waals surface area (Å²) in [5, 5.41) is 0. The van der Waals surface area contributed by atoms with Gasteiger partial charge >= 0.3 is 0 Å². The third-order valence-corrected chi connectivity index (χ3v) is 5.59. The van der Waals surface area contributed by atoms with Crippen molar-refractivity contribution >= 4 is 5.78 Å². The van der Waals surface area contributed by atoms with E-state index in [0.717, 1.165) is 24.8 Å². The van der Waals surface area contributed by atoms with Gasteiger partial charge in [0, 0.05) is 12.3 Å². The zero-order valence-corrected chi connectivity index (χ0v) is 17.8. The predicted molar refractivity (Wildman–Crippen MR) is 118 cm³/mol. The average Bonchev–Trinajstić information content (AvgIpc) is 2.69. The van der Waals surface area contributed by atoms with Gasteiger partial charge in [0.1, 0.15) is 5.78 Å². The molecular weight excluding hydrogens is 330 g/mol. The highest BCUT2D eigenvalue weighted by Crippen LogP contribution is 2.20. The molecule has 2 nitrogen and oxygen atoms in total. The average molecular weight is 374 g/mol. The first-order valence-corrected chi connectivity index (χ1v) is 11.5. The first kappa shape index (κ1) is 23.9. The van der Waals surface area contributed by atoms with Crippen LogP contribution >= 0.6 is 0 Å². The molecule has 0 amide bonds. The van der Waals surface area contributed by atoms with Gasteiger partial charge in [-0.3, -0.25) is 4.79 Å². The maximum atomic E-state index is 12.7. The SMILES string of the molecule is CCCCCCCCCCCCCC(CCCN)C(=O)Cc1ccccc1. The molecule has 1 aromatic rings. The molecule has 0 fully saturated rings. The van der Waals surface area contributed by atoms with E-state index < -0.39 is 0 Å². The Morgan fingerprint density at radius 1 is 0.778 bits per heavy atom. The van der Waals surface area contributed by atoms with Crippen LogP contribution in [0.25, 0.3) is 0 Å². The molecule has 0 aromatic heterocycles. The molecule has 0 aliphatic rings. The zero-order valence-electron chi connectivity index (χ0n) is 17.8. The molecule has 154 valence electrons. The fraction of sp³-hybridized carbons (Fsp3) is 0.720. The molecular formula is C25H43NO. The fourth-order valence-electron chi connectivity index (χ4n) is 3.83. The van der Waals surface area contributed by atoms with Gasteiger partial charge in [-0.05, 0) is 31.4 Å². The van der Waals surface area contributed by atoms with E-state index in [9.17, 15) is 4.79 Å². The van der Waals surface area contributed by atoms with E-state index in [-0.39, 0.29) is 5.92 Å². The summed E-state index contributed by atoms with van der Waals surface area (Å²) in [6.07, 6.45) is 18.4. The van der Waals surface area contributed by atoms with Crippen molar-refractivity contribution in [2.45, 2.75) is 103 Å². The van der Waals surface area contributed by atoms with Gasteiger partial charge in [0.05, 0.1) is 0 Å². The molecule has 0 aliphatic carbocycles. The molecule has 27 heavy (non-hydrogen) atoms. The lowest BCUT2D eigenvalue weighted by Crippen LogP contribution is -2.18. The molecule has 1 atom stereocenters. The first-order valence-electron chi connectivity index (χ1n) is 11.5. The number of nitrogens with two attached hydrogens (primary N) is 1. The van der Waals surface area contributed by atoms with E-state index in [1.54, 1.807) is 0 Å². The number of ketones is 1. The zero-order chi connectivity index (χ0) is 19.6. The van der Waals surface area contributed by atoms with Gasteiger partial charge in [-0.25, -0.2) is 0 Å². The minimum absolute atomic E-state index is 0.201. The second kappa shape index (κ2) is 17.0. The van der Waals surface area contributed by atoms with Crippen molar-refractivity contribution in [3.8, 4) is 0 Å². The Morgan fingerprint density at radius 2 is 1.30 bits per heavy atom. The molecule has 1 rings (SSSR count). The highest BCUT2D eigenvalue weighted by Gasteiger charge is 2.17. The van der Waals surface area contributed by atoms with Crippen molar-refractivity contribution in [2.75, 3.05) is 6.54 Å². The summed E-state index contributed by atoms with van der Waals surface area (Å²) in [5.41, 5.74) is 6.82. The Hall–Kier alpha value is -1.15. The molecule has 0 bridgehead atoms. The van der Waals surface area contributed by atoms with E-state index in [1.165, 1.54) is 70.6 Å². The van der Waals surface area contributed by atoms with Crippen molar-refractivity contribution < 1.29 is 4.79 Å². The number of benzene rings is 1. The van der Waals surface area contributed by atoms with E-state index in [0.29, 0.717) is 18.7 Å². The van der Waals surface area contributed by atoms with Crippen LogP contribution in [0.4, 0.5) is 0 Å². The first-order chi connectivity index (χ1) is 13.3. The van der Waals surface area contributed by atoms with E-state index in [4.69, 9.17) is 5.73 Å². The largest absolute Gasteiger partial charge is 0.330 e. The van der Waals surface area contributed by atoms with Crippen LogP contribution < -0.4 is 5.73 Å². The number of unbranched alkanes of at least 4 members (excludes halogenated alkanes) is 10. The third-order valence-electron chi connectivity index (χ3n) is 5.59. The monoisotopic (exact) mass is 373 g/mol. The maximum Gasteiger partial charge on any atom is 0.140 e. The summed E-state index contributed by atoms with van der Waals surface area (Å²) < 4.78 is 0. The molecule has 0 saturated heterocycles. The molecule has 0 aliphatic heterocycles. The van der Waals surface area contributed by atoms with Crippen molar-refractivity contribution in [3.05, 3.63) is 35.9 Å². The van der Waals surface area contributed by atoms with E-state index in [1.807, 2.05) is 18.2 Å². The Bertz CT molecular complexity index is 457. The van der Waals surface area contributed by atoms with Gasteiger partial charge in [-0.1, -0.05) is 108 Å². The minimum atomic E-state index is 0.201. The van der Waals surface area contributed by atoms with Crippen LogP contribution in [0.15, 0.2) is 30.3 Å². The molecule has 2 N–H and O–H groups in total. The topological polar surface area (TPSA) is 43.1 Å². The van der Waals surface area contributed by atoms with Crippen LogP contribution in [0.5, 0.6) is 0 Å². The predicted octanol–water partition coefficient (Wildman–Crippen LogP) is 6.85. The second-order valence-electron chi connectivity index (χ2n) is 8.08. The van der Waals surface area contributed by atoms with Gasteiger partial charge in [0.2, 0.25) is 0 Å². The Morgan fingerprint density at radius 3 is 1.85 bits per heavy atom. The van der Waals surface area contributed by atoms with Gasteiger partial charge in [0.15, 0.2) is 0 Å². The summed E-state index contributed by atoms with van der Waals surface area (Å²) >= 11 is 0. The summed E-state index contributed by atoms with van der Waals surface area (Å²) in [6, 6.07) is 10.1. The maximum absolute atomic E-state index is 12.7. The fourth-order valence-corrected chi connectivity index (χ4v) is 3.83. The number of carbonyl (C=O) groups is 1.